The summed E-state index contributed by atoms with van der Waals surface area (Å²) in [6.07, 6.45) is 6.40. The van der Waals surface area contributed by atoms with Crippen molar-refractivity contribution < 1.29 is 4.74 Å². The lowest BCUT2D eigenvalue weighted by Gasteiger charge is -2.18. The standard InChI is InChI=1S/C15H18BrN3O/c1-20-13-8-7-11(9-12(13)16)15-17-14(18-19-15)10-5-3-2-4-6-10/h7-10H,2-6H2,1H3,(H,17,18,19). The molecule has 5 heteroatoms. The molecule has 0 aliphatic heterocycles. The van der Waals surface area contributed by atoms with Crippen LogP contribution < -0.4 is 4.74 Å². The average Bonchev–Trinajstić information content (AvgIpc) is 2.98. The molecule has 106 valence electrons. The van der Waals surface area contributed by atoms with E-state index in [0.717, 1.165) is 27.4 Å². The molecule has 20 heavy (non-hydrogen) atoms. The average molecular weight is 336 g/mol. The quantitative estimate of drug-likeness (QED) is 0.910. The Kier molecular flexibility index (Phi) is 4.05. The van der Waals surface area contributed by atoms with E-state index in [-0.39, 0.29) is 0 Å². The van der Waals surface area contributed by atoms with Gasteiger partial charge in [-0.05, 0) is 47.0 Å². The maximum absolute atomic E-state index is 5.24. The zero-order valence-electron chi connectivity index (χ0n) is 11.5. The van der Waals surface area contributed by atoms with E-state index in [0.29, 0.717) is 5.92 Å². The fourth-order valence-electron chi connectivity index (χ4n) is 2.77. The van der Waals surface area contributed by atoms with Crippen LogP contribution in [0.15, 0.2) is 22.7 Å². The fourth-order valence-corrected chi connectivity index (χ4v) is 3.31. The second-order valence-electron chi connectivity index (χ2n) is 5.23. The fraction of sp³-hybridized carbons (Fsp3) is 0.467. The third-order valence-corrected chi connectivity index (χ3v) is 4.52. The van der Waals surface area contributed by atoms with Crippen LogP contribution in [-0.4, -0.2) is 22.3 Å². The summed E-state index contributed by atoms with van der Waals surface area (Å²) < 4.78 is 6.16. The molecule has 0 radical (unpaired) electrons. The third-order valence-electron chi connectivity index (χ3n) is 3.90. The van der Waals surface area contributed by atoms with Crippen molar-refractivity contribution in [2.75, 3.05) is 7.11 Å². The minimum absolute atomic E-state index is 0.548. The molecule has 1 aliphatic rings. The first-order chi connectivity index (χ1) is 9.78. The zero-order valence-corrected chi connectivity index (χ0v) is 13.1. The Hall–Kier alpha value is -1.36. The van der Waals surface area contributed by atoms with Crippen LogP contribution in [0, 0.1) is 0 Å². The number of aromatic nitrogens is 3. The van der Waals surface area contributed by atoms with Gasteiger partial charge in [-0.1, -0.05) is 19.3 Å². The highest BCUT2D eigenvalue weighted by molar-refractivity contribution is 9.10. The normalized spacial score (nSPS) is 16.3. The second-order valence-corrected chi connectivity index (χ2v) is 6.08. The van der Waals surface area contributed by atoms with E-state index >= 15 is 0 Å². The van der Waals surface area contributed by atoms with Gasteiger partial charge in [-0.25, -0.2) is 4.98 Å². The Morgan fingerprint density at radius 1 is 1.25 bits per heavy atom. The second kappa shape index (κ2) is 5.95. The van der Waals surface area contributed by atoms with Crippen molar-refractivity contribution >= 4 is 15.9 Å². The Bertz CT molecular complexity index is 591. The number of hydrogen-bond donors (Lipinski definition) is 1. The van der Waals surface area contributed by atoms with Gasteiger partial charge in [-0.15, -0.1) is 0 Å². The zero-order chi connectivity index (χ0) is 13.9. The molecule has 1 aromatic heterocycles. The van der Waals surface area contributed by atoms with Gasteiger partial charge in [0.1, 0.15) is 11.6 Å². The van der Waals surface area contributed by atoms with Crippen LogP contribution in [0.25, 0.3) is 11.4 Å². The highest BCUT2D eigenvalue weighted by Crippen LogP contribution is 2.33. The van der Waals surface area contributed by atoms with Crippen LogP contribution in [0.4, 0.5) is 0 Å². The molecule has 0 spiro atoms. The number of rotatable bonds is 3. The van der Waals surface area contributed by atoms with Crippen molar-refractivity contribution in [1.29, 1.82) is 0 Å². The summed E-state index contributed by atoms with van der Waals surface area (Å²) in [5.41, 5.74) is 0.996. The molecule has 0 amide bonds. The number of benzene rings is 1. The van der Waals surface area contributed by atoms with E-state index in [1.54, 1.807) is 7.11 Å². The van der Waals surface area contributed by atoms with Crippen LogP contribution in [0.1, 0.15) is 43.8 Å². The maximum Gasteiger partial charge on any atom is 0.181 e. The number of hydrogen-bond acceptors (Lipinski definition) is 3. The van der Waals surface area contributed by atoms with Gasteiger partial charge in [-0.2, -0.15) is 5.10 Å². The van der Waals surface area contributed by atoms with Crippen LogP contribution in [0.5, 0.6) is 5.75 Å². The topological polar surface area (TPSA) is 50.8 Å². The molecular weight excluding hydrogens is 318 g/mol. The van der Waals surface area contributed by atoms with Gasteiger partial charge >= 0.3 is 0 Å². The van der Waals surface area contributed by atoms with Gasteiger partial charge in [0.2, 0.25) is 0 Å². The van der Waals surface area contributed by atoms with Crippen molar-refractivity contribution in [2.24, 2.45) is 0 Å². The molecule has 3 rings (SSSR count). The van der Waals surface area contributed by atoms with Gasteiger partial charge in [0.05, 0.1) is 11.6 Å². The predicted octanol–water partition coefficient (Wildman–Crippen LogP) is 4.29. The van der Waals surface area contributed by atoms with Crippen LogP contribution in [-0.2, 0) is 0 Å². The van der Waals surface area contributed by atoms with E-state index in [1.807, 2.05) is 18.2 Å². The van der Waals surface area contributed by atoms with Crippen molar-refractivity contribution in [3.63, 3.8) is 0 Å². The first-order valence-electron chi connectivity index (χ1n) is 7.04. The monoisotopic (exact) mass is 335 g/mol. The lowest BCUT2D eigenvalue weighted by molar-refractivity contribution is 0.412. The molecule has 0 atom stereocenters. The van der Waals surface area contributed by atoms with Gasteiger partial charge in [0.15, 0.2) is 5.82 Å². The molecule has 1 aliphatic carbocycles. The highest BCUT2D eigenvalue weighted by Gasteiger charge is 2.19. The van der Waals surface area contributed by atoms with Crippen LogP contribution in [0.3, 0.4) is 0 Å². The molecule has 0 unspecified atom stereocenters. The minimum atomic E-state index is 0.548. The number of aromatic amines is 1. The van der Waals surface area contributed by atoms with E-state index in [1.165, 1.54) is 32.1 Å². The largest absolute Gasteiger partial charge is 0.496 e. The Morgan fingerprint density at radius 3 is 2.75 bits per heavy atom. The van der Waals surface area contributed by atoms with E-state index < -0.39 is 0 Å². The van der Waals surface area contributed by atoms with Crippen molar-refractivity contribution in [3.05, 3.63) is 28.5 Å². The number of methoxy groups -OCH3 is 1. The molecule has 4 nitrogen and oxygen atoms in total. The SMILES string of the molecule is COc1ccc(-c2n[nH]c(C3CCCCC3)n2)cc1Br. The molecule has 0 saturated heterocycles. The first kappa shape index (κ1) is 13.6. The molecule has 1 heterocycles. The lowest BCUT2D eigenvalue weighted by Crippen LogP contribution is -2.06. The predicted molar refractivity (Wildman–Crippen MR) is 81.9 cm³/mol. The molecule has 1 aromatic carbocycles. The van der Waals surface area contributed by atoms with Gasteiger partial charge in [0, 0.05) is 11.5 Å². The van der Waals surface area contributed by atoms with Crippen LogP contribution in [0.2, 0.25) is 0 Å². The molecule has 0 bridgehead atoms. The van der Waals surface area contributed by atoms with E-state index in [4.69, 9.17) is 4.74 Å². The number of H-pyrrole nitrogens is 1. The van der Waals surface area contributed by atoms with Gasteiger partial charge in [0.25, 0.3) is 0 Å². The van der Waals surface area contributed by atoms with Crippen molar-refractivity contribution in [1.82, 2.24) is 15.2 Å². The lowest BCUT2D eigenvalue weighted by atomic mass is 9.89. The summed E-state index contributed by atoms with van der Waals surface area (Å²) in [6, 6.07) is 5.90. The Balaban J connectivity index is 1.84. The molecule has 1 fully saturated rings. The number of nitrogens with zero attached hydrogens (tertiary/aromatic N) is 2. The Morgan fingerprint density at radius 2 is 2.05 bits per heavy atom. The summed E-state index contributed by atoms with van der Waals surface area (Å²) in [5.74, 6) is 3.16. The minimum Gasteiger partial charge on any atom is -0.496 e. The summed E-state index contributed by atoms with van der Waals surface area (Å²) in [7, 11) is 1.66. The van der Waals surface area contributed by atoms with Crippen molar-refractivity contribution in [3.8, 4) is 17.1 Å². The molecular formula is C15H18BrN3O. The molecule has 2 aromatic rings. The maximum atomic E-state index is 5.24. The van der Waals surface area contributed by atoms with Gasteiger partial charge < -0.3 is 4.74 Å². The first-order valence-corrected chi connectivity index (χ1v) is 7.83. The number of nitrogens with one attached hydrogen (secondary N) is 1. The van der Waals surface area contributed by atoms with E-state index in [2.05, 4.69) is 31.1 Å². The van der Waals surface area contributed by atoms with Crippen molar-refractivity contribution in [2.45, 2.75) is 38.0 Å². The van der Waals surface area contributed by atoms with Gasteiger partial charge in [-0.3, -0.25) is 5.10 Å². The molecule has 1 N–H and O–H groups in total. The smallest absolute Gasteiger partial charge is 0.181 e. The Labute approximate surface area is 127 Å². The van der Waals surface area contributed by atoms with Crippen LogP contribution >= 0.6 is 15.9 Å². The summed E-state index contributed by atoms with van der Waals surface area (Å²) in [4.78, 5) is 4.67. The summed E-state index contributed by atoms with van der Waals surface area (Å²) in [6.45, 7) is 0. The summed E-state index contributed by atoms with van der Waals surface area (Å²) in [5, 5.41) is 7.47. The number of ether oxygens (including phenoxy) is 1. The number of halogens is 1. The highest BCUT2D eigenvalue weighted by atomic mass is 79.9. The summed E-state index contributed by atoms with van der Waals surface area (Å²) >= 11 is 3.50. The van der Waals surface area contributed by atoms with E-state index in [9.17, 15) is 0 Å². The third kappa shape index (κ3) is 2.73. The molecule has 1 saturated carbocycles.